The predicted octanol–water partition coefficient (Wildman–Crippen LogP) is -0.735. The lowest BCUT2D eigenvalue weighted by Crippen LogP contribution is -2.72. The molecule has 2 aliphatic heterocycles. The molecule has 0 saturated carbocycles. The topological polar surface area (TPSA) is 158 Å². The molecule has 1 saturated heterocycles. The maximum atomic E-state index is 12.8. The first-order valence-electron chi connectivity index (χ1n) is 10.1. The number of carbonyl (C=O) groups is 4. The fraction of sp³-hybridized carbons (Fsp3) is 0.286. The highest BCUT2D eigenvalue weighted by Gasteiger charge is 2.53. The van der Waals surface area contributed by atoms with Crippen molar-refractivity contribution in [1.29, 1.82) is 0 Å². The van der Waals surface area contributed by atoms with Gasteiger partial charge in [0.05, 0.1) is 23.7 Å². The quantitative estimate of drug-likeness (QED) is 0.105. The summed E-state index contributed by atoms with van der Waals surface area (Å²) in [5, 5.41) is 17.1. The number of oxazole rings is 1. The summed E-state index contributed by atoms with van der Waals surface area (Å²) >= 11 is 6.77. The standard InChI is InChI=1S/C21H18ClN5O7S.ClH/c1-33-25-15(13(28)6-22)18(29)24-16-19(30)27-17(21(31)32)12(9-35-20(16)27)8-26-4-2-11(3-5-26)14-7-23-10-34-14;/h2-5,7,10,16,20H,6,8-9H2,1H3,(H-,24,29,31,32);1H/t16-,20-;/m1./s1. The van der Waals surface area contributed by atoms with Crippen molar-refractivity contribution in [3.63, 3.8) is 0 Å². The molecule has 4 rings (SSSR count). The highest BCUT2D eigenvalue weighted by Crippen LogP contribution is 2.40. The van der Waals surface area contributed by atoms with Crippen molar-refractivity contribution in [2.24, 2.45) is 5.16 Å². The first-order valence-corrected chi connectivity index (χ1v) is 11.7. The summed E-state index contributed by atoms with van der Waals surface area (Å²) in [6.07, 6.45) is 6.40. The molecule has 190 valence electrons. The van der Waals surface area contributed by atoms with Crippen LogP contribution in [0.4, 0.5) is 0 Å². The first kappa shape index (κ1) is 27.2. The van der Waals surface area contributed by atoms with Gasteiger partial charge < -0.3 is 24.5 Å². The summed E-state index contributed by atoms with van der Waals surface area (Å²) in [6.45, 7) is 0.204. The van der Waals surface area contributed by atoms with Gasteiger partial charge in [-0.05, 0) is 0 Å². The van der Waals surface area contributed by atoms with Gasteiger partial charge in [-0.3, -0.25) is 19.3 Å². The number of aromatic nitrogens is 2. The van der Waals surface area contributed by atoms with Gasteiger partial charge in [0.15, 0.2) is 31.1 Å². The van der Waals surface area contributed by atoms with E-state index in [1.54, 1.807) is 35.3 Å². The SMILES string of the molecule is CON=C(C(=O)CCl)C(=O)N[C@@H]1C(=O)N2C(C(=O)[O-])=C(C[n+]3ccc(-c4cnco4)cc3)CS[C@H]12.Cl. The van der Waals surface area contributed by atoms with Crippen LogP contribution in [0.5, 0.6) is 0 Å². The lowest BCUT2D eigenvalue weighted by Gasteiger charge is -2.50. The fourth-order valence-corrected chi connectivity index (χ4v) is 5.14. The Balaban J connectivity index is 0.00000361. The molecule has 0 aromatic carbocycles. The zero-order valence-corrected chi connectivity index (χ0v) is 21.0. The van der Waals surface area contributed by atoms with Crippen LogP contribution in [0.15, 0.2) is 58.0 Å². The second-order valence-electron chi connectivity index (χ2n) is 7.40. The van der Waals surface area contributed by atoms with E-state index in [2.05, 4.69) is 20.3 Å². The lowest BCUT2D eigenvalue weighted by molar-refractivity contribution is -0.689. The molecule has 2 amide bonds. The zero-order chi connectivity index (χ0) is 25.1. The number of ketones is 1. The number of aliphatic carboxylic acids is 1. The molecule has 0 bridgehead atoms. The number of carboxylic acid groups (broad SMARTS) is 1. The molecular weight excluding hydrogens is 537 g/mol. The number of β-lactam (4-membered cyclic amide) rings is 1. The van der Waals surface area contributed by atoms with Gasteiger partial charge >= 0.3 is 0 Å². The molecule has 2 atom stereocenters. The minimum absolute atomic E-state index is 0. The fourth-order valence-electron chi connectivity index (χ4n) is 3.68. The molecule has 0 spiro atoms. The number of rotatable bonds is 9. The number of Topliss-reactive ketones (excluding diaryl/α,β-unsaturated/α-hetero) is 1. The number of thioether (sulfide) groups is 1. The summed E-state index contributed by atoms with van der Waals surface area (Å²) in [4.78, 5) is 58.5. The second kappa shape index (κ2) is 11.5. The summed E-state index contributed by atoms with van der Waals surface area (Å²) in [5.41, 5.74) is 0.446. The predicted molar refractivity (Wildman–Crippen MR) is 127 cm³/mol. The van der Waals surface area contributed by atoms with Gasteiger partial charge in [0.1, 0.15) is 18.5 Å². The average Bonchev–Trinajstić information content (AvgIpc) is 3.40. The maximum Gasteiger partial charge on any atom is 0.277 e. The van der Waals surface area contributed by atoms with Crippen molar-refractivity contribution in [3.8, 4) is 11.3 Å². The summed E-state index contributed by atoms with van der Waals surface area (Å²) in [7, 11) is 1.15. The Hall–Kier alpha value is -3.42. The zero-order valence-electron chi connectivity index (χ0n) is 18.6. The van der Waals surface area contributed by atoms with Crippen LogP contribution in [0, 0.1) is 0 Å². The number of carboxylic acids is 1. The van der Waals surface area contributed by atoms with Crippen LogP contribution in [0.25, 0.3) is 11.3 Å². The van der Waals surface area contributed by atoms with Gasteiger partial charge in [0, 0.05) is 29.0 Å². The number of amides is 2. The number of hydrogen-bond donors (Lipinski definition) is 1. The number of alkyl halides is 1. The van der Waals surface area contributed by atoms with Gasteiger partial charge in [0.25, 0.3) is 11.8 Å². The molecule has 36 heavy (non-hydrogen) atoms. The Morgan fingerprint density at radius 1 is 1.39 bits per heavy atom. The van der Waals surface area contributed by atoms with Crippen LogP contribution in [0.2, 0.25) is 0 Å². The number of hydrogen-bond acceptors (Lipinski definition) is 10. The van der Waals surface area contributed by atoms with E-state index in [1.165, 1.54) is 18.2 Å². The van der Waals surface area contributed by atoms with Crippen molar-refractivity contribution >= 4 is 65.0 Å². The molecule has 4 heterocycles. The molecule has 0 unspecified atom stereocenters. The number of carbonyl (C=O) groups excluding carboxylic acids is 4. The normalized spacial score (nSPS) is 19.1. The van der Waals surface area contributed by atoms with Crippen LogP contribution < -0.4 is 15.0 Å². The Kier molecular flexibility index (Phi) is 8.71. The summed E-state index contributed by atoms with van der Waals surface area (Å²) in [5.74, 6) is -3.50. The number of nitrogens with zero attached hydrogens (tertiary/aromatic N) is 4. The Morgan fingerprint density at radius 3 is 2.69 bits per heavy atom. The van der Waals surface area contributed by atoms with Gasteiger partial charge in [-0.2, -0.15) is 0 Å². The number of fused-ring (bicyclic) bond motifs is 1. The van der Waals surface area contributed by atoms with Crippen LogP contribution in [0.1, 0.15) is 0 Å². The molecule has 0 aliphatic carbocycles. The van der Waals surface area contributed by atoms with E-state index in [4.69, 9.17) is 16.0 Å². The monoisotopic (exact) mass is 555 g/mol. The number of halogens is 2. The van der Waals surface area contributed by atoms with Crippen LogP contribution in [-0.4, -0.2) is 69.3 Å². The molecule has 12 nitrogen and oxygen atoms in total. The average molecular weight is 556 g/mol. The number of nitrogens with one attached hydrogen (secondary N) is 1. The van der Waals surface area contributed by atoms with E-state index in [1.807, 2.05) is 0 Å². The summed E-state index contributed by atoms with van der Waals surface area (Å²) < 4.78 is 7.01. The van der Waals surface area contributed by atoms with Crippen molar-refractivity contribution < 1.29 is 38.1 Å². The van der Waals surface area contributed by atoms with Crippen molar-refractivity contribution in [3.05, 3.63) is 48.4 Å². The number of oxime groups is 1. The first-order chi connectivity index (χ1) is 16.8. The Labute approximate surface area is 219 Å². The van der Waals surface area contributed by atoms with E-state index in [0.29, 0.717) is 11.3 Å². The van der Waals surface area contributed by atoms with Gasteiger partial charge in [-0.25, -0.2) is 9.55 Å². The Bertz CT molecular complexity index is 1230. The smallest absolute Gasteiger partial charge is 0.277 e. The van der Waals surface area contributed by atoms with E-state index in [0.717, 1.165) is 17.6 Å². The van der Waals surface area contributed by atoms with E-state index >= 15 is 0 Å². The molecule has 2 aromatic rings. The van der Waals surface area contributed by atoms with Crippen molar-refractivity contribution in [2.75, 3.05) is 18.7 Å². The summed E-state index contributed by atoms with van der Waals surface area (Å²) in [6, 6.07) is 2.53. The molecule has 2 aromatic heterocycles. The third kappa shape index (κ3) is 5.22. The minimum Gasteiger partial charge on any atom is -0.543 e. The molecule has 2 aliphatic rings. The molecule has 1 N–H and O–H groups in total. The van der Waals surface area contributed by atoms with Gasteiger partial charge in [0.2, 0.25) is 11.5 Å². The van der Waals surface area contributed by atoms with Crippen LogP contribution in [-0.2, 0) is 30.6 Å². The van der Waals surface area contributed by atoms with Crippen LogP contribution in [0.3, 0.4) is 0 Å². The van der Waals surface area contributed by atoms with Gasteiger partial charge in [-0.1, -0.05) is 5.16 Å². The second-order valence-corrected chi connectivity index (χ2v) is 8.78. The van der Waals surface area contributed by atoms with Crippen molar-refractivity contribution in [2.45, 2.75) is 18.0 Å². The Morgan fingerprint density at radius 2 is 2.11 bits per heavy atom. The number of pyridine rings is 1. The third-order valence-corrected chi connectivity index (χ3v) is 6.87. The molecule has 0 radical (unpaired) electrons. The maximum absolute atomic E-state index is 12.8. The van der Waals surface area contributed by atoms with Gasteiger partial charge in [-0.15, -0.1) is 35.8 Å². The van der Waals surface area contributed by atoms with E-state index in [-0.39, 0.29) is 30.4 Å². The minimum atomic E-state index is -1.50. The molecule has 1 fully saturated rings. The largest absolute Gasteiger partial charge is 0.543 e. The lowest BCUT2D eigenvalue weighted by atomic mass is 10.0. The third-order valence-electron chi connectivity index (χ3n) is 5.29. The van der Waals surface area contributed by atoms with E-state index in [9.17, 15) is 24.3 Å². The molecular formula is C21H19Cl2N5O7S. The highest BCUT2D eigenvalue weighted by molar-refractivity contribution is 8.00. The van der Waals surface area contributed by atoms with Crippen molar-refractivity contribution in [1.82, 2.24) is 15.2 Å². The van der Waals surface area contributed by atoms with Crippen LogP contribution >= 0.6 is 35.8 Å². The highest BCUT2D eigenvalue weighted by atomic mass is 35.5. The molecule has 15 heteroatoms. The van der Waals surface area contributed by atoms with E-state index < -0.39 is 46.6 Å².